The molecule has 102 valence electrons. The van der Waals surface area contributed by atoms with E-state index in [4.69, 9.17) is 15.7 Å². The summed E-state index contributed by atoms with van der Waals surface area (Å²) in [6.07, 6.45) is 0. The van der Waals surface area contributed by atoms with Crippen molar-refractivity contribution in [3.63, 3.8) is 0 Å². The molecule has 0 bridgehead atoms. The van der Waals surface area contributed by atoms with E-state index < -0.39 is 18.3 Å². The standard InChI is InChI=1S/C12H12F2N2O3/c1-2-18-11(17)10-8(6-16)3-7(5-15)4-9(10)19-12(13)14/h3-4,12H,2,6,16H2,1H3. The van der Waals surface area contributed by atoms with Crippen LogP contribution in [0.5, 0.6) is 5.75 Å². The Morgan fingerprint density at radius 1 is 1.53 bits per heavy atom. The summed E-state index contributed by atoms with van der Waals surface area (Å²) in [6, 6.07) is 4.17. The van der Waals surface area contributed by atoms with E-state index in [1.54, 1.807) is 13.0 Å². The number of esters is 1. The number of hydrogen-bond acceptors (Lipinski definition) is 5. The fourth-order valence-corrected chi connectivity index (χ4v) is 1.52. The van der Waals surface area contributed by atoms with Crippen molar-refractivity contribution in [2.24, 2.45) is 5.73 Å². The van der Waals surface area contributed by atoms with Crippen molar-refractivity contribution >= 4 is 5.97 Å². The largest absolute Gasteiger partial charge is 0.462 e. The van der Waals surface area contributed by atoms with E-state index in [0.717, 1.165) is 6.07 Å². The number of ether oxygens (including phenoxy) is 2. The zero-order valence-corrected chi connectivity index (χ0v) is 10.2. The maximum absolute atomic E-state index is 12.3. The second-order valence-electron chi connectivity index (χ2n) is 3.42. The lowest BCUT2D eigenvalue weighted by Gasteiger charge is -2.14. The van der Waals surface area contributed by atoms with Crippen molar-refractivity contribution in [2.45, 2.75) is 20.1 Å². The van der Waals surface area contributed by atoms with Crippen LogP contribution in [0.3, 0.4) is 0 Å². The van der Waals surface area contributed by atoms with Crippen molar-refractivity contribution in [1.82, 2.24) is 0 Å². The maximum Gasteiger partial charge on any atom is 0.387 e. The summed E-state index contributed by atoms with van der Waals surface area (Å²) < 4.78 is 33.7. The molecule has 7 heteroatoms. The molecule has 0 spiro atoms. The number of alkyl halides is 2. The Morgan fingerprint density at radius 2 is 2.21 bits per heavy atom. The third-order valence-corrected chi connectivity index (χ3v) is 2.23. The topological polar surface area (TPSA) is 85.3 Å². The Hall–Kier alpha value is -2.20. The maximum atomic E-state index is 12.3. The predicted molar refractivity (Wildman–Crippen MR) is 61.6 cm³/mol. The van der Waals surface area contributed by atoms with Gasteiger partial charge >= 0.3 is 12.6 Å². The van der Waals surface area contributed by atoms with Crippen LogP contribution in [0.2, 0.25) is 0 Å². The van der Waals surface area contributed by atoms with Crippen LogP contribution >= 0.6 is 0 Å². The van der Waals surface area contributed by atoms with Gasteiger partial charge in [-0.15, -0.1) is 0 Å². The summed E-state index contributed by atoms with van der Waals surface area (Å²) >= 11 is 0. The number of nitrogens with zero attached hydrogens (tertiary/aromatic N) is 1. The average molecular weight is 270 g/mol. The van der Waals surface area contributed by atoms with Gasteiger partial charge in [0, 0.05) is 6.54 Å². The lowest BCUT2D eigenvalue weighted by atomic mass is 10.0. The Labute approximate surface area is 108 Å². The van der Waals surface area contributed by atoms with Gasteiger partial charge in [0.25, 0.3) is 0 Å². The van der Waals surface area contributed by atoms with E-state index in [1.165, 1.54) is 6.07 Å². The van der Waals surface area contributed by atoms with Crippen LogP contribution in [0, 0.1) is 11.3 Å². The molecule has 0 aliphatic carbocycles. The lowest BCUT2D eigenvalue weighted by molar-refractivity contribution is -0.0505. The molecule has 0 aliphatic rings. The molecule has 0 aliphatic heterocycles. The van der Waals surface area contributed by atoms with Crippen LogP contribution < -0.4 is 10.5 Å². The molecular weight excluding hydrogens is 258 g/mol. The number of hydrogen-bond donors (Lipinski definition) is 1. The van der Waals surface area contributed by atoms with E-state index in [2.05, 4.69) is 4.74 Å². The first-order valence-corrected chi connectivity index (χ1v) is 5.42. The number of benzene rings is 1. The van der Waals surface area contributed by atoms with Gasteiger partial charge < -0.3 is 15.2 Å². The van der Waals surface area contributed by atoms with Crippen LogP contribution in [0.1, 0.15) is 28.4 Å². The number of rotatable bonds is 5. The van der Waals surface area contributed by atoms with Crippen LogP contribution in [-0.2, 0) is 11.3 Å². The van der Waals surface area contributed by atoms with Gasteiger partial charge in [0.15, 0.2) is 0 Å². The molecular formula is C12H12F2N2O3. The van der Waals surface area contributed by atoms with Gasteiger partial charge in [0.05, 0.1) is 18.2 Å². The normalized spacial score (nSPS) is 10.1. The first-order chi connectivity index (χ1) is 9.03. The molecule has 0 atom stereocenters. The molecule has 0 unspecified atom stereocenters. The number of nitriles is 1. The van der Waals surface area contributed by atoms with Gasteiger partial charge in [0.2, 0.25) is 0 Å². The monoisotopic (exact) mass is 270 g/mol. The summed E-state index contributed by atoms with van der Waals surface area (Å²) in [5, 5.41) is 8.80. The molecule has 0 aromatic heterocycles. The Morgan fingerprint density at radius 3 is 2.68 bits per heavy atom. The highest BCUT2D eigenvalue weighted by molar-refractivity contribution is 5.94. The van der Waals surface area contributed by atoms with Gasteiger partial charge in [-0.25, -0.2) is 4.79 Å². The molecule has 1 aromatic rings. The molecule has 0 amide bonds. The molecule has 0 saturated heterocycles. The van der Waals surface area contributed by atoms with Gasteiger partial charge in [-0.1, -0.05) is 0 Å². The Balaban J connectivity index is 3.37. The summed E-state index contributed by atoms with van der Waals surface area (Å²) in [4.78, 5) is 11.7. The van der Waals surface area contributed by atoms with Crippen LogP contribution in [-0.4, -0.2) is 19.2 Å². The van der Waals surface area contributed by atoms with Gasteiger partial charge in [-0.3, -0.25) is 0 Å². The van der Waals surface area contributed by atoms with Crippen molar-refractivity contribution in [3.8, 4) is 11.8 Å². The van der Waals surface area contributed by atoms with E-state index in [1.807, 2.05) is 0 Å². The molecule has 0 heterocycles. The highest BCUT2D eigenvalue weighted by atomic mass is 19.3. The molecule has 0 fully saturated rings. The van der Waals surface area contributed by atoms with Crippen LogP contribution in [0.15, 0.2) is 12.1 Å². The van der Waals surface area contributed by atoms with E-state index >= 15 is 0 Å². The number of nitrogens with two attached hydrogens (primary N) is 1. The Bertz CT molecular complexity index is 512. The number of halogens is 2. The second kappa shape index (κ2) is 6.66. The van der Waals surface area contributed by atoms with Crippen molar-refractivity contribution in [2.75, 3.05) is 6.61 Å². The Kier molecular flexibility index (Phi) is 5.21. The zero-order chi connectivity index (χ0) is 14.4. The molecule has 5 nitrogen and oxygen atoms in total. The van der Waals surface area contributed by atoms with E-state index in [9.17, 15) is 13.6 Å². The molecule has 1 rings (SSSR count). The zero-order valence-electron chi connectivity index (χ0n) is 10.2. The lowest BCUT2D eigenvalue weighted by Crippen LogP contribution is -2.15. The highest BCUT2D eigenvalue weighted by Gasteiger charge is 2.22. The van der Waals surface area contributed by atoms with Crippen molar-refractivity contribution in [3.05, 3.63) is 28.8 Å². The highest BCUT2D eigenvalue weighted by Crippen LogP contribution is 2.27. The third-order valence-electron chi connectivity index (χ3n) is 2.23. The van der Waals surface area contributed by atoms with Gasteiger partial charge in [-0.2, -0.15) is 14.0 Å². The van der Waals surface area contributed by atoms with Gasteiger partial charge in [-0.05, 0) is 24.6 Å². The summed E-state index contributed by atoms with van der Waals surface area (Å²) in [6.45, 7) is -1.56. The van der Waals surface area contributed by atoms with E-state index in [0.29, 0.717) is 0 Å². The fraction of sp³-hybridized carbons (Fsp3) is 0.333. The summed E-state index contributed by atoms with van der Waals surface area (Å²) in [7, 11) is 0. The van der Waals surface area contributed by atoms with Crippen molar-refractivity contribution < 1.29 is 23.0 Å². The van der Waals surface area contributed by atoms with Gasteiger partial charge in [0.1, 0.15) is 11.3 Å². The SMILES string of the molecule is CCOC(=O)c1c(CN)cc(C#N)cc1OC(F)F. The predicted octanol–water partition coefficient (Wildman–Crippen LogP) is 1.80. The van der Waals surface area contributed by atoms with Crippen molar-refractivity contribution in [1.29, 1.82) is 5.26 Å². The van der Waals surface area contributed by atoms with E-state index in [-0.39, 0.29) is 29.8 Å². The van der Waals surface area contributed by atoms with Crippen LogP contribution in [0.4, 0.5) is 8.78 Å². The fourth-order valence-electron chi connectivity index (χ4n) is 1.52. The summed E-state index contributed by atoms with van der Waals surface area (Å²) in [5.74, 6) is -1.23. The summed E-state index contributed by atoms with van der Waals surface area (Å²) in [5.41, 5.74) is 5.56. The molecule has 1 aromatic carbocycles. The first kappa shape index (κ1) is 14.9. The second-order valence-corrected chi connectivity index (χ2v) is 3.42. The minimum Gasteiger partial charge on any atom is -0.462 e. The number of carbonyl (C=O) groups excluding carboxylic acids is 1. The third kappa shape index (κ3) is 3.63. The first-order valence-electron chi connectivity index (χ1n) is 5.42. The molecule has 19 heavy (non-hydrogen) atoms. The van der Waals surface area contributed by atoms with Crippen LogP contribution in [0.25, 0.3) is 0 Å². The minimum absolute atomic E-state index is 0.0733. The smallest absolute Gasteiger partial charge is 0.387 e. The molecule has 0 saturated carbocycles. The minimum atomic E-state index is -3.12. The quantitative estimate of drug-likeness (QED) is 0.824. The number of carbonyl (C=O) groups is 1. The molecule has 2 N–H and O–H groups in total. The molecule has 0 radical (unpaired) electrons. The average Bonchev–Trinajstić information content (AvgIpc) is 2.37.